The molecule has 1 fully saturated rings. The molecular formula is C13H23N3OS. The van der Waals surface area contributed by atoms with Crippen molar-refractivity contribution >= 4 is 16.5 Å². The van der Waals surface area contributed by atoms with E-state index in [1.807, 2.05) is 20.3 Å². The summed E-state index contributed by atoms with van der Waals surface area (Å²) in [6.07, 6.45) is 7.03. The van der Waals surface area contributed by atoms with Crippen molar-refractivity contribution in [3.63, 3.8) is 0 Å². The average molecular weight is 269 g/mol. The molecule has 1 heterocycles. The number of hydrogen-bond acceptors (Lipinski definition) is 5. The summed E-state index contributed by atoms with van der Waals surface area (Å²) in [5, 5.41) is 4.76. The minimum absolute atomic E-state index is 0.191. The standard InChI is InChI=1S/C13H23N3OS/c1-16(2)12-14-8-11(18-12)9-15-13(10-17-3)6-4-5-7-13/h8,15H,4-7,9-10H2,1-3H3. The van der Waals surface area contributed by atoms with Crippen molar-refractivity contribution in [2.45, 2.75) is 37.8 Å². The minimum atomic E-state index is 0.191. The Morgan fingerprint density at radius 3 is 2.72 bits per heavy atom. The Labute approximate surface area is 113 Å². The molecule has 0 unspecified atom stereocenters. The fraction of sp³-hybridized carbons (Fsp3) is 0.769. The van der Waals surface area contributed by atoms with Gasteiger partial charge in [0.1, 0.15) is 0 Å². The van der Waals surface area contributed by atoms with E-state index in [1.165, 1.54) is 30.6 Å². The summed E-state index contributed by atoms with van der Waals surface area (Å²) in [4.78, 5) is 7.75. The predicted octanol–water partition coefficient (Wildman–Crippen LogP) is 2.26. The maximum absolute atomic E-state index is 5.38. The molecule has 18 heavy (non-hydrogen) atoms. The molecule has 0 bridgehead atoms. The first kappa shape index (κ1) is 13.8. The molecule has 1 aromatic rings. The van der Waals surface area contributed by atoms with Gasteiger partial charge in [0.05, 0.1) is 6.61 Å². The van der Waals surface area contributed by atoms with Gasteiger partial charge in [0, 0.05) is 44.4 Å². The maximum Gasteiger partial charge on any atom is 0.185 e. The highest BCUT2D eigenvalue weighted by Gasteiger charge is 2.33. The lowest BCUT2D eigenvalue weighted by atomic mass is 9.99. The quantitative estimate of drug-likeness (QED) is 0.859. The van der Waals surface area contributed by atoms with Gasteiger partial charge in [0.25, 0.3) is 0 Å². The molecule has 1 N–H and O–H groups in total. The second-order valence-corrected chi connectivity index (χ2v) is 6.37. The fourth-order valence-corrected chi connectivity index (χ4v) is 3.33. The van der Waals surface area contributed by atoms with Gasteiger partial charge >= 0.3 is 0 Å². The van der Waals surface area contributed by atoms with Gasteiger partial charge in [-0.05, 0) is 12.8 Å². The van der Waals surface area contributed by atoms with Crippen LogP contribution in [0, 0.1) is 0 Å². The fourth-order valence-electron chi connectivity index (χ4n) is 2.56. The molecule has 0 saturated heterocycles. The summed E-state index contributed by atoms with van der Waals surface area (Å²) in [5.74, 6) is 0. The molecule has 1 aromatic heterocycles. The van der Waals surface area contributed by atoms with Gasteiger partial charge in [-0.25, -0.2) is 4.98 Å². The highest BCUT2D eigenvalue weighted by Crippen LogP contribution is 2.31. The molecule has 0 atom stereocenters. The second kappa shape index (κ2) is 5.99. The maximum atomic E-state index is 5.38. The Morgan fingerprint density at radius 2 is 2.17 bits per heavy atom. The Hall–Kier alpha value is -0.650. The van der Waals surface area contributed by atoms with Gasteiger partial charge in [-0.15, -0.1) is 11.3 Å². The van der Waals surface area contributed by atoms with Crippen molar-refractivity contribution in [3.05, 3.63) is 11.1 Å². The third-order valence-electron chi connectivity index (χ3n) is 3.54. The molecule has 1 aliphatic rings. The zero-order valence-corrected chi connectivity index (χ0v) is 12.3. The molecule has 0 aromatic carbocycles. The molecule has 0 spiro atoms. The number of nitrogens with one attached hydrogen (secondary N) is 1. The van der Waals surface area contributed by atoms with Crippen LogP contribution >= 0.6 is 11.3 Å². The lowest BCUT2D eigenvalue weighted by molar-refractivity contribution is 0.111. The van der Waals surface area contributed by atoms with Gasteiger partial charge in [0.2, 0.25) is 0 Å². The number of anilines is 1. The first-order valence-electron chi connectivity index (χ1n) is 6.51. The van der Waals surface area contributed by atoms with Crippen LogP contribution in [0.25, 0.3) is 0 Å². The van der Waals surface area contributed by atoms with Crippen molar-refractivity contribution < 1.29 is 4.74 Å². The number of rotatable bonds is 6. The molecule has 0 radical (unpaired) electrons. The van der Waals surface area contributed by atoms with Gasteiger partial charge in [-0.3, -0.25) is 0 Å². The van der Waals surface area contributed by atoms with Crippen LogP contribution in [0.3, 0.4) is 0 Å². The zero-order valence-electron chi connectivity index (χ0n) is 11.5. The average Bonchev–Trinajstić information content (AvgIpc) is 2.96. The minimum Gasteiger partial charge on any atom is -0.383 e. The van der Waals surface area contributed by atoms with Crippen LogP contribution in [-0.2, 0) is 11.3 Å². The third kappa shape index (κ3) is 3.22. The van der Waals surface area contributed by atoms with E-state index in [9.17, 15) is 0 Å². The molecule has 0 aliphatic heterocycles. The summed E-state index contributed by atoms with van der Waals surface area (Å²) < 4.78 is 5.38. The number of thiazole rings is 1. The van der Waals surface area contributed by atoms with E-state index in [2.05, 4.69) is 15.2 Å². The van der Waals surface area contributed by atoms with Gasteiger partial charge in [-0.2, -0.15) is 0 Å². The van der Waals surface area contributed by atoms with Crippen molar-refractivity contribution in [2.24, 2.45) is 0 Å². The van der Waals surface area contributed by atoms with Crippen molar-refractivity contribution in [3.8, 4) is 0 Å². The van der Waals surface area contributed by atoms with E-state index in [0.29, 0.717) is 0 Å². The molecule has 1 saturated carbocycles. The molecule has 2 rings (SSSR count). The zero-order chi connectivity index (χ0) is 13.0. The third-order valence-corrected chi connectivity index (χ3v) is 4.71. The largest absolute Gasteiger partial charge is 0.383 e. The van der Waals surface area contributed by atoms with Crippen LogP contribution in [0.4, 0.5) is 5.13 Å². The molecule has 1 aliphatic carbocycles. The Bertz CT molecular complexity index is 372. The first-order chi connectivity index (χ1) is 8.65. The normalized spacial score (nSPS) is 18.2. The van der Waals surface area contributed by atoms with Gasteiger partial charge in [0.15, 0.2) is 5.13 Å². The Morgan fingerprint density at radius 1 is 1.44 bits per heavy atom. The molecule has 4 nitrogen and oxygen atoms in total. The first-order valence-corrected chi connectivity index (χ1v) is 7.33. The van der Waals surface area contributed by atoms with E-state index in [-0.39, 0.29) is 5.54 Å². The van der Waals surface area contributed by atoms with Crippen LogP contribution in [0.5, 0.6) is 0 Å². The predicted molar refractivity (Wildman–Crippen MR) is 76.4 cm³/mol. The summed E-state index contributed by atoms with van der Waals surface area (Å²) in [5.41, 5.74) is 0.191. The Kier molecular flexibility index (Phi) is 4.59. The molecule has 102 valence electrons. The van der Waals surface area contributed by atoms with Crippen LogP contribution in [0.1, 0.15) is 30.6 Å². The summed E-state index contributed by atoms with van der Waals surface area (Å²) in [6.45, 7) is 1.71. The van der Waals surface area contributed by atoms with Crippen molar-refractivity contribution in [1.82, 2.24) is 10.3 Å². The molecule has 5 heteroatoms. The number of methoxy groups -OCH3 is 1. The van der Waals surface area contributed by atoms with E-state index >= 15 is 0 Å². The van der Waals surface area contributed by atoms with Crippen LogP contribution in [-0.4, -0.2) is 38.3 Å². The monoisotopic (exact) mass is 269 g/mol. The van der Waals surface area contributed by atoms with Crippen molar-refractivity contribution in [1.29, 1.82) is 0 Å². The lowest BCUT2D eigenvalue weighted by Crippen LogP contribution is -2.46. The number of hydrogen-bond donors (Lipinski definition) is 1. The number of aromatic nitrogens is 1. The smallest absolute Gasteiger partial charge is 0.185 e. The lowest BCUT2D eigenvalue weighted by Gasteiger charge is -2.29. The topological polar surface area (TPSA) is 37.4 Å². The van der Waals surface area contributed by atoms with E-state index in [1.54, 1.807) is 18.4 Å². The second-order valence-electron chi connectivity index (χ2n) is 5.28. The number of ether oxygens (including phenoxy) is 1. The summed E-state index contributed by atoms with van der Waals surface area (Å²) in [7, 11) is 5.84. The molecule has 0 amide bonds. The highest BCUT2D eigenvalue weighted by atomic mass is 32.1. The van der Waals surface area contributed by atoms with Crippen molar-refractivity contribution in [2.75, 3.05) is 32.7 Å². The summed E-state index contributed by atoms with van der Waals surface area (Å²) >= 11 is 1.75. The van der Waals surface area contributed by atoms with E-state index < -0.39 is 0 Å². The van der Waals surface area contributed by atoms with E-state index in [0.717, 1.165) is 18.3 Å². The van der Waals surface area contributed by atoms with E-state index in [4.69, 9.17) is 4.74 Å². The summed E-state index contributed by atoms with van der Waals surface area (Å²) in [6, 6.07) is 0. The van der Waals surface area contributed by atoms with Gasteiger partial charge < -0.3 is 15.0 Å². The number of nitrogens with zero attached hydrogens (tertiary/aromatic N) is 2. The highest BCUT2D eigenvalue weighted by molar-refractivity contribution is 7.15. The van der Waals surface area contributed by atoms with Crippen LogP contribution in [0.2, 0.25) is 0 Å². The van der Waals surface area contributed by atoms with Crippen LogP contribution in [0.15, 0.2) is 6.20 Å². The molecular weight excluding hydrogens is 246 g/mol. The SMILES string of the molecule is COCC1(NCc2cnc(N(C)C)s2)CCCC1. The Balaban J connectivity index is 1.92. The van der Waals surface area contributed by atoms with Gasteiger partial charge in [-0.1, -0.05) is 12.8 Å². The van der Waals surface area contributed by atoms with Crippen LogP contribution < -0.4 is 10.2 Å².